The molecule has 0 radical (unpaired) electrons. The largest absolute Gasteiger partial charge is 0.379 e. The van der Waals surface area contributed by atoms with Crippen molar-refractivity contribution in [1.29, 1.82) is 0 Å². The molecule has 0 unspecified atom stereocenters. The first-order valence-electron chi connectivity index (χ1n) is 6.43. The van der Waals surface area contributed by atoms with Gasteiger partial charge in [0.1, 0.15) is 6.61 Å². The summed E-state index contributed by atoms with van der Waals surface area (Å²) in [6, 6.07) is 7.73. The van der Waals surface area contributed by atoms with E-state index in [1.807, 2.05) is 31.2 Å². The molecule has 0 N–H and O–H groups in total. The summed E-state index contributed by atoms with van der Waals surface area (Å²) in [4.78, 5) is 11.8. The van der Waals surface area contributed by atoms with Crippen LogP contribution in [0.3, 0.4) is 0 Å². The van der Waals surface area contributed by atoms with Gasteiger partial charge in [-0.3, -0.25) is 4.79 Å². The predicted octanol–water partition coefficient (Wildman–Crippen LogP) is 3.05. The molecule has 1 rings (SSSR count). The number of Topliss-reactive ketones (excluding diaryl/α,β-unsaturated/α-hetero) is 1. The molecule has 0 heterocycles. The molecule has 1 aromatic rings. The Balaban J connectivity index is 2.37. The third-order valence-corrected chi connectivity index (χ3v) is 2.71. The number of ether oxygens (including phenoxy) is 2. The standard InChI is InChI=1S/C15H22O3/c1-4-17-9-10-18-11-15(16)14-7-5-13(6-8-14)12(2)3/h5-8,12H,4,9-11H2,1-3H3. The number of rotatable bonds is 8. The molecule has 0 aliphatic carbocycles. The molecule has 0 saturated heterocycles. The molecule has 0 fully saturated rings. The summed E-state index contributed by atoms with van der Waals surface area (Å²) < 4.78 is 10.4. The second-order valence-corrected chi connectivity index (χ2v) is 4.45. The SMILES string of the molecule is CCOCCOCC(=O)c1ccc(C(C)C)cc1. The Labute approximate surface area is 109 Å². The van der Waals surface area contributed by atoms with Crippen LogP contribution in [0.5, 0.6) is 0 Å². The van der Waals surface area contributed by atoms with E-state index in [9.17, 15) is 4.79 Å². The van der Waals surface area contributed by atoms with Gasteiger partial charge < -0.3 is 9.47 Å². The maximum Gasteiger partial charge on any atom is 0.188 e. The highest BCUT2D eigenvalue weighted by Crippen LogP contribution is 2.14. The summed E-state index contributed by atoms with van der Waals surface area (Å²) in [6.07, 6.45) is 0. The highest BCUT2D eigenvalue weighted by atomic mass is 16.5. The lowest BCUT2D eigenvalue weighted by Gasteiger charge is -2.07. The van der Waals surface area contributed by atoms with Gasteiger partial charge in [-0.1, -0.05) is 38.1 Å². The molecule has 0 amide bonds. The van der Waals surface area contributed by atoms with Crippen molar-refractivity contribution in [3.63, 3.8) is 0 Å². The number of carbonyl (C=O) groups is 1. The summed E-state index contributed by atoms with van der Waals surface area (Å²) in [5.74, 6) is 0.499. The third-order valence-electron chi connectivity index (χ3n) is 2.71. The molecule has 0 bridgehead atoms. The zero-order valence-electron chi connectivity index (χ0n) is 11.4. The van der Waals surface area contributed by atoms with Gasteiger partial charge in [0, 0.05) is 12.2 Å². The Morgan fingerprint density at radius 3 is 2.28 bits per heavy atom. The van der Waals surface area contributed by atoms with Crippen LogP contribution >= 0.6 is 0 Å². The van der Waals surface area contributed by atoms with E-state index in [2.05, 4.69) is 13.8 Å². The van der Waals surface area contributed by atoms with Crippen molar-refractivity contribution >= 4 is 5.78 Å². The van der Waals surface area contributed by atoms with Gasteiger partial charge in [-0.25, -0.2) is 0 Å². The molecule has 0 saturated carbocycles. The maximum atomic E-state index is 11.8. The summed E-state index contributed by atoms with van der Waals surface area (Å²) in [5, 5.41) is 0. The Bertz CT molecular complexity index is 355. The van der Waals surface area contributed by atoms with Crippen molar-refractivity contribution < 1.29 is 14.3 Å². The van der Waals surface area contributed by atoms with Crippen molar-refractivity contribution in [2.75, 3.05) is 26.4 Å². The molecule has 18 heavy (non-hydrogen) atoms. The smallest absolute Gasteiger partial charge is 0.188 e. The first kappa shape index (κ1) is 14.9. The van der Waals surface area contributed by atoms with Crippen LogP contribution in [0.25, 0.3) is 0 Å². The molecule has 0 aliphatic heterocycles. The van der Waals surface area contributed by atoms with E-state index in [0.717, 1.165) is 0 Å². The summed E-state index contributed by atoms with van der Waals surface area (Å²) in [6.45, 7) is 7.99. The van der Waals surface area contributed by atoms with E-state index >= 15 is 0 Å². The average molecular weight is 250 g/mol. The quantitative estimate of drug-likeness (QED) is 0.525. The first-order chi connectivity index (χ1) is 8.65. The fraction of sp³-hybridized carbons (Fsp3) is 0.533. The molecule has 0 aliphatic rings. The van der Waals surface area contributed by atoms with Gasteiger partial charge in [-0.15, -0.1) is 0 Å². The van der Waals surface area contributed by atoms with E-state index in [1.54, 1.807) is 0 Å². The first-order valence-corrected chi connectivity index (χ1v) is 6.43. The van der Waals surface area contributed by atoms with Gasteiger partial charge in [-0.2, -0.15) is 0 Å². The summed E-state index contributed by atoms with van der Waals surface area (Å²) >= 11 is 0. The molecular formula is C15H22O3. The highest BCUT2D eigenvalue weighted by molar-refractivity contribution is 5.97. The minimum Gasteiger partial charge on any atom is -0.379 e. The Hall–Kier alpha value is -1.19. The fourth-order valence-corrected chi connectivity index (χ4v) is 1.56. The Morgan fingerprint density at radius 2 is 1.72 bits per heavy atom. The van der Waals surface area contributed by atoms with Gasteiger partial charge >= 0.3 is 0 Å². The van der Waals surface area contributed by atoms with Crippen molar-refractivity contribution in [2.45, 2.75) is 26.7 Å². The molecule has 3 nitrogen and oxygen atoms in total. The van der Waals surface area contributed by atoms with Crippen LogP contribution in [-0.2, 0) is 9.47 Å². The maximum absolute atomic E-state index is 11.8. The van der Waals surface area contributed by atoms with E-state index < -0.39 is 0 Å². The number of hydrogen-bond donors (Lipinski definition) is 0. The van der Waals surface area contributed by atoms with Gasteiger partial charge in [0.15, 0.2) is 5.78 Å². The molecule has 0 atom stereocenters. The van der Waals surface area contributed by atoms with Gasteiger partial charge in [0.05, 0.1) is 13.2 Å². The molecule has 1 aromatic carbocycles. The van der Waals surface area contributed by atoms with Gasteiger partial charge in [0.2, 0.25) is 0 Å². The van der Waals surface area contributed by atoms with E-state index in [4.69, 9.17) is 9.47 Å². The van der Waals surface area contributed by atoms with E-state index in [0.29, 0.717) is 31.3 Å². The lowest BCUT2D eigenvalue weighted by atomic mass is 10.0. The number of benzene rings is 1. The van der Waals surface area contributed by atoms with Crippen molar-refractivity contribution in [3.8, 4) is 0 Å². The molecule has 3 heteroatoms. The van der Waals surface area contributed by atoms with E-state index in [-0.39, 0.29) is 12.4 Å². The molecule has 0 aromatic heterocycles. The van der Waals surface area contributed by atoms with Crippen LogP contribution in [0.1, 0.15) is 42.6 Å². The van der Waals surface area contributed by atoms with Crippen LogP contribution in [0.4, 0.5) is 0 Å². The van der Waals surface area contributed by atoms with Crippen molar-refractivity contribution in [2.24, 2.45) is 0 Å². The fourth-order valence-electron chi connectivity index (χ4n) is 1.56. The number of ketones is 1. The van der Waals surface area contributed by atoms with Crippen LogP contribution in [0.15, 0.2) is 24.3 Å². The Morgan fingerprint density at radius 1 is 1.11 bits per heavy atom. The van der Waals surface area contributed by atoms with Gasteiger partial charge in [0.25, 0.3) is 0 Å². The minimum absolute atomic E-state index is 0.0156. The second kappa shape index (κ2) is 8.01. The molecule has 100 valence electrons. The van der Waals surface area contributed by atoms with E-state index in [1.165, 1.54) is 5.56 Å². The zero-order valence-corrected chi connectivity index (χ0v) is 11.4. The minimum atomic E-state index is 0.0156. The van der Waals surface area contributed by atoms with Crippen LogP contribution in [-0.4, -0.2) is 32.2 Å². The normalized spacial score (nSPS) is 10.9. The second-order valence-electron chi connectivity index (χ2n) is 4.45. The van der Waals surface area contributed by atoms with Crippen LogP contribution < -0.4 is 0 Å². The summed E-state index contributed by atoms with van der Waals surface area (Å²) in [5.41, 5.74) is 1.94. The third kappa shape index (κ3) is 4.98. The monoisotopic (exact) mass is 250 g/mol. The lowest BCUT2D eigenvalue weighted by molar-refractivity contribution is 0.0475. The predicted molar refractivity (Wildman–Crippen MR) is 72.2 cm³/mol. The average Bonchev–Trinajstić information content (AvgIpc) is 2.38. The van der Waals surface area contributed by atoms with Crippen LogP contribution in [0.2, 0.25) is 0 Å². The zero-order chi connectivity index (χ0) is 13.4. The highest BCUT2D eigenvalue weighted by Gasteiger charge is 2.06. The molecule has 0 spiro atoms. The molecular weight excluding hydrogens is 228 g/mol. The summed E-state index contributed by atoms with van der Waals surface area (Å²) in [7, 11) is 0. The Kier molecular flexibility index (Phi) is 6.61. The number of carbonyl (C=O) groups excluding carboxylic acids is 1. The van der Waals surface area contributed by atoms with Crippen molar-refractivity contribution in [3.05, 3.63) is 35.4 Å². The van der Waals surface area contributed by atoms with Crippen molar-refractivity contribution in [1.82, 2.24) is 0 Å². The lowest BCUT2D eigenvalue weighted by Crippen LogP contribution is -2.12. The van der Waals surface area contributed by atoms with Gasteiger partial charge in [-0.05, 0) is 18.4 Å². The van der Waals surface area contributed by atoms with Crippen LogP contribution in [0, 0.1) is 0 Å². The number of hydrogen-bond acceptors (Lipinski definition) is 3. The topological polar surface area (TPSA) is 35.5 Å².